The molecule has 0 fully saturated rings. The Hall–Kier alpha value is 1.23. The van der Waals surface area contributed by atoms with Crippen LogP contribution >= 0.6 is 8.60 Å². The zero-order valence-electron chi connectivity index (χ0n) is 4.29. The second-order valence-electron chi connectivity index (χ2n) is 0.768. The van der Waals surface area contributed by atoms with Crippen molar-refractivity contribution in [3.63, 3.8) is 0 Å². The topological polar surface area (TPSA) is 60.7 Å². The molecule has 2 radical (unpaired) electrons. The molecule has 0 spiro atoms. The molecule has 3 N–H and O–H groups in total. The summed E-state index contributed by atoms with van der Waals surface area (Å²) in [5.41, 5.74) is 0. The molecule has 3 nitrogen and oxygen atoms in total. The summed E-state index contributed by atoms with van der Waals surface area (Å²) >= 11 is 0.0833. The molecule has 0 aromatic heterocycles. The zero-order valence-corrected chi connectivity index (χ0v) is 9.07. The second kappa shape index (κ2) is 10.3. The summed E-state index contributed by atoms with van der Waals surface area (Å²) in [6.07, 6.45) is 0. The fourth-order valence-corrected chi connectivity index (χ4v) is 0. The van der Waals surface area contributed by atoms with Crippen LogP contribution in [0, 0.1) is 0 Å². The Morgan fingerprint density at radius 2 is 1.14 bits per heavy atom. The minimum atomic E-state index is -2.62. The summed E-state index contributed by atoms with van der Waals surface area (Å²) in [4.78, 5) is 21.7. The van der Waals surface area contributed by atoms with E-state index in [1.165, 1.54) is 0 Å². The summed E-state index contributed by atoms with van der Waals surface area (Å²) in [6, 6.07) is 0. The van der Waals surface area contributed by atoms with Crippen LogP contribution in [-0.4, -0.2) is 38.9 Å². The first kappa shape index (κ1) is 11.1. The number of hydrogen-bond acceptors (Lipinski definition) is 3. The Kier molecular flexibility index (Phi) is 16.2. The van der Waals surface area contributed by atoms with Crippen molar-refractivity contribution in [2.75, 3.05) is 0 Å². The standard InChI is InChI=1S/2CH3.H3O3P.Pb/c;;1-4(2)3;/h2*1H3;1-3H;. The van der Waals surface area contributed by atoms with Crippen molar-refractivity contribution in [1.82, 2.24) is 0 Å². The first-order valence-electron chi connectivity index (χ1n) is 1.60. The third kappa shape index (κ3) is 130. The van der Waals surface area contributed by atoms with Crippen LogP contribution in [0.25, 0.3) is 0 Å². The van der Waals surface area contributed by atoms with Gasteiger partial charge in [-0.15, -0.1) is 0 Å². The average molecular weight is 319 g/mol. The van der Waals surface area contributed by atoms with E-state index in [0.29, 0.717) is 0 Å². The number of hydrogen-bond donors (Lipinski definition) is 3. The summed E-state index contributed by atoms with van der Waals surface area (Å²) in [5.74, 6) is 0. The van der Waals surface area contributed by atoms with Crippen LogP contribution in [0.2, 0.25) is 8.97 Å². The summed E-state index contributed by atoms with van der Waals surface area (Å²) in [5, 5.41) is 0. The predicted molar refractivity (Wildman–Crippen MR) is 31.1 cm³/mol. The molecule has 0 aliphatic heterocycles. The molecule has 0 aromatic rings. The van der Waals surface area contributed by atoms with E-state index in [-0.39, 0.29) is 24.2 Å². The maximum absolute atomic E-state index is 7.23. The van der Waals surface area contributed by atoms with Gasteiger partial charge in [0.2, 0.25) is 0 Å². The summed E-state index contributed by atoms with van der Waals surface area (Å²) < 4.78 is 4.64. The molecule has 0 saturated heterocycles. The first-order valence-corrected chi connectivity index (χ1v) is 10.6. The third-order valence-corrected chi connectivity index (χ3v) is 0. The van der Waals surface area contributed by atoms with E-state index in [4.69, 9.17) is 14.7 Å². The molecular weight excluding hydrogens is 310 g/mol. The van der Waals surface area contributed by atoms with E-state index < -0.39 is 8.60 Å². The van der Waals surface area contributed by atoms with Gasteiger partial charge in [-0.2, -0.15) is 0 Å². The maximum atomic E-state index is 7.23. The van der Waals surface area contributed by atoms with Gasteiger partial charge in [-0.3, -0.25) is 0 Å². The van der Waals surface area contributed by atoms with Gasteiger partial charge in [0, 0.05) is 0 Å². The van der Waals surface area contributed by atoms with Crippen LogP contribution in [0.1, 0.15) is 0 Å². The average Bonchev–Trinajstić information content (AvgIpc) is 1.33. The van der Waals surface area contributed by atoms with Crippen LogP contribution in [0.3, 0.4) is 0 Å². The zero-order chi connectivity index (χ0) is 6.28. The molecule has 0 bridgehead atoms. The molecule has 0 aromatic carbocycles. The van der Waals surface area contributed by atoms with E-state index in [1.54, 1.807) is 0 Å². The second-order valence-corrected chi connectivity index (χ2v) is 5.19. The van der Waals surface area contributed by atoms with Gasteiger partial charge in [-0.05, 0) is 0 Å². The van der Waals surface area contributed by atoms with Gasteiger partial charge >= 0.3 is 41.8 Å². The Labute approximate surface area is 56.6 Å². The molecule has 0 heterocycles. The van der Waals surface area contributed by atoms with Gasteiger partial charge < -0.3 is 14.7 Å². The quantitative estimate of drug-likeness (QED) is 0.434. The van der Waals surface area contributed by atoms with Gasteiger partial charge in [0.1, 0.15) is 0 Å². The van der Waals surface area contributed by atoms with Crippen molar-refractivity contribution in [3.05, 3.63) is 0 Å². The van der Waals surface area contributed by atoms with Crippen LogP contribution in [0.15, 0.2) is 0 Å². The van der Waals surface area contributed by atoms with Crippen molar-refractivity contribution < 1.29 is 14.7 Å². The Bertz CT molecular complexity index is 24.1. The van der Waals surface area contributed by atoms with E-state index in [0.717, 1.165) is 0 Å². The molecule has 0 unspecified atom stereocenters. The molecule has 0 aliphatic rings. The fourth-order valence-electron chi connectivity index (χ4n) is 0. The van der Waals surface area contributed by atoms with Crippen molar-refractivity contribution in [3.8, 4) is 0 Å². The van der Waals surface area contributed by atoms with Crippen LogP contribution in [-0.2, 0) is 0 Å². The van der Waals surface area contributed by atoms with Crippen molar-refractivity contribution >= 4 is 32.8 Å². The van der Waals surface area contributed by atoms with Crippen LogP contribution in [0.4, 0.5) is 0 Å². The SMILES string of the molecule is OP(O)O.[CH3][Pb][CH3]. The Balaban J connectivity index is 0. The minimum absolute atomic E-state index is 0.0833. The third-order valence-electron chi connectivity index (χ3n) is 0. The molecule has 5 heteroatoms. The van der Waals surface area contributed by atoms with Gasteiger partial charge in [0.15, 0.2) is 0 Å². The monoisotopic (exact) mass is 320 g/mol. The van der Waals surface area contributed by atoms with E-state index >= 15 is 0 Å². The fraction of sp³-hybridized carbons (Fsp3) is 1.00. The normalized spacial score (nSPS) is 7.71. The molecule has 0 rings (SSSR count). The first-order chi connectivity index (χ1) is 3.15. The van der Waals surface area contributed by atoms with Crippen molar-refractivity contribution in [2.24, 2.45) is 0 Å². The molecular formula is C2H9O3PPb. The Morgan fingerprint density at radius 3 is 1.14 bits per heavy atom. The molecule has 0 saturated carbocycles. The van der Waals surface area contributed by atoms with Crippen molar-refractivity contribution in [2.45, 2.75) is 8.97 Å². The molecule has 0 atom stereocenters. The van der Waals surface area contributed by atoms with E-state index in [2.05, 4.69) is 8.97 Å². The van der Waals surface area contributed by atoms with Crippen LogP contribution < -0.4 is 0 Å². The van der Waals surface area contributed by atoms with E-state index in [9.17, 15) is 0 Å². The molecule has 7 heavy (non-hydrogen) atoms. The Morgan fingerprint density at radius 1 is 1.14 bits per heavy atom. The number of rotatable bonds is 0. The molecule has 0 amide bonds. The molecule has 44 valence electrons. The predicted octanol–water partition coefficient (Wildman–Crippen LogP) is -0.0230. The van der Waals surface area contributed by atoms with Crippen LogP contribution in [0.5, 0.6) is 0 Å². The summed E-state index contributed by atoms with van der Waals surface area (Å²) in [6.45, 7) is 0. The summed E-state index contributed by atoms with van der Waals surface area (Å²) in [7, 11) is -2.62. The van der Waals surface area contributed by atoms with Gasteiger partial charge in [0.25, 0.3) is 0 Å². The molecule has 0 aliphatic carbocycles. The van der Waals surface area contributed by atoms with Gasteiger partial charge in [-0.1, -0.05) is 0 Å². The van der Waals surface area contributed by atoms with Crippen molar-refractivity contribution in [1.29, 1.82) is 0 Å². The van der Waals surface area contributed by atoms with Gasteiger partial charge in [-0.25, -0.2) is 0 Å². The van der Waals surface area contributed by atoms with E-state index in [1.807, 2.05) is 0 Å². The van der Waals surface area contributed by atoms with Gasteiger partial charge in [0.05, 0.1) is 0 Å².